The molecule has 5 rings (SSSR count). The molecule has 0 aliphatic carbocycles. The van der Waals surface area contributed by atoms with Gasteiger partial charge in [-0.05, 0) is 72.0 Å². The van der Waals surface area contributed by atoms with E-state index in [0.29, 0.717) is 25.7 Å². The van der Waals surface area contributed by atoms with Crippen LogP contribution in [0.3, 0.4) is 0 Å². The van der Waals surface area contributed by atoms with Crippen molar-refractivity contribution in [3.8, 4) is 11.5 Å². The van der Waals surface area contributed by atoms with Gasteiger partial charge in [0.25, 0.3) is 0 Å². The molecule has 0 radical (unpaired) electrons. The van der Waals surface area contributed by atoms with Crippen LogP contribution >= 0.6 is 0 Å². The zero-order valence-corrected chi connectivity index (χ0v) is 23.1. The molecule has 0 aromatic heterocycles. The molecule has 5 heteroatoms. The Morgan fingerprint density at radius 1 is 0.897 bits per heavy atom. The second-order valence-electron chi connectivity index (χ2n) is 10.7. The number of benzene rings is 4. The Labute approximate surface area is 232 Å². The van der Waals surface area contributed by atoms with Crippen LogP contribution in [0.4, 0.5) is 0 Å². The molecule has 204 valence electrons. The molecular weight excluding hydrogens is 484 g/mol. The number of ether oxygens (including phenoxy) is 3. The van der Waals surface area contributed by atoms with Crippen molar-refractivity contribution in [2.24, 2.45) is 11.7 Å². The third-order valence-electron chi connectivity index (χ3n) is 8.08. The van der Waals surface area contributed by atoms with E-state index < -0.39 is 5.54 Å². The summed E-state index contributed by atoms with van der Waals surface area (Å²) >= 11 is 0. The van der Waals surface area contributed by atoms with Gasteiger partial charge in [-0.3, -0.25) is 0 Å². The van der Waals surface area contributed by atoms with Gasteiger partial charge in [0, 0.05) is 30.0 Å². The predicted molar refractivity (Wildman–Crippen MR) is 158 cm³/mol. The summed E-state index contributed by atoms with van der Waals surface area (Å²) in [6, 6.07) is 31.7. The zero-order valence-electron chi connectivity index (χ0n) is 23.1. The molecule has 39 heavy (non-hydrogen) atoms. The van der Waals surface area contributed by atoms with Gasteiger partial charge in [0.05, 0.1) is 26.9 Å². The van der Waals surface area contributed by atoms with Gasteiger partial charge in [-0.2, -0.15) is 0 Å². The lowest BCUT2D eigenvalue weighted by Crippen LogP contribution is -2.51. The maximum Gasteiger partial charge on any atom is 0.124 e. The van der Waals surface area contributed by atoms with Crippen molar-refractivity contribution in [1.29, 1.82) is 0 Å². The molecule has 1 aliphatic heterocycles. The number of piperidine rings is 1. The standard InChI is InChI=1S/C34H40N2O3/c1-34(35,29-15-12-25-8-3-4-9-27(25)22-29)32-23-36-19-18-31(32)26-13-16-30(17-14-26)39-21-7-20-38-24-28-10-5-6-11-33(28)37-2/h3-6,8-17,22,31-32,36H,7,18-21,23-24,35H2,1-2H3. The van der Waals surface area contributed by atoms with E-state index in [1.165, 1.54) is 21.9 Å². The smallest absolute Gasteiger partial charge is 0.124 e. The van der Waals surface area contributed by atoms with Crippen LogP contribution in [-0.4, -0.2) is 33.4 Å². The predicted octanol–water partition coefficient (Wildman–Crippen LogP) is 6.40. The molecule has 1 saturated heterocycles. The van der Waals surface area contributed by atoms with Crippen molar-refractivity contribution >= 4 is 10.8 Å². The van der Waals surface area contributed by atoms with Crippen LogP contribution in [0, 0.1) is 5.92 Å². The van der Waals surface area contributed by atoms with E-state index in [0.717, 1.165) is 43.0 Å². The first-order valence-electron chi connectivity index (χ1n) is 14.0. The summed E-state index contributed by atoms with van der Waals surface area (Å²) in [6.07, 6.45) is 1.89. The quantitative estimate of drug-likeness (QED) is 0.222. The van der Waals surface area contributed by atoms with Gasteiger partial charge in [-0.1, -0.05) is 66.7 Å². The van der Waals surface area contributed by atoms with E-state index in [2.05, 4.69) is 79.0 Å². The van der Waals surface area contributed by atoms with Gasteiger partial charge in [0.1, 0.15) is 11.5 Å². The molecule has 0 spiro atoms. The highest BCUT2D eigenvalue weighted by Gasteiger charge is 2.39. The molecule has 3 unspecified atom stereocenters. The van der Waals surface area contributed by atoms with Crippen LogP contribution < -0.4 is 20.5 Å². The Balaban J connectivity index is 1.17. The minimum absolute atomic E-state index is 0.277. The average Bonchev–Trinajstić information content (AvgIpc) is 2.99. The summed E-state index contributed by atoms with van der Waals surface area (Å²) in [7, 11) is 1.68. The molecule has 4 aromatic rings. The van der Waals surface area contributed by atoms with Gasteiger partial charge in [0.15, 0.2) is 0 Å². The molecule has 5 nitrogen and oxygen atoms in total. The lowest BCUT2D eigenvalue weighted by atomic mass is 9.68. The molecule has 0 saturated carbocycles. The average molecular weight is 525 g/mol. The van der Waals surface area contributed by atoms with E-state index in [-0.39, 0.29) is 5.92 Å². The Bertz CT molecular complexity index is 1350. The van der Waals surface area contributed by atoms with Crippen molar-refractivity contribution in [2.45, 2.75) is 37.8 Å². The topological polar surface area (TPSA) is 65.7 Å². The molecule has 1 heterocycles. The fourth-order valence-corrected chi connectivity index (χ4v) is 5.79. The number of hydrogen-bond donors (Lipinski definition) is 2. The molecule has 0 amide bonds. The van der Waals surface area contributed by atoms with E-state index >= 15 is 0 Å². The molecule has 1 aliphatic rings. The second-order valence-corrected chi connectivity index (χ2v) is 10.7. The van der Waals surface area contributed by atoms with Gasteiger partial charge in [-0.25, -0.2) is 0 Å². The fourth-order valence-electron chi connectivity index (χ4n) is 5.79. The van der Waals surface area contributed by atoms with Gasteiger partial charge < -0.3 is 25.3 Å². The number of nitrogens with one attached hydrogen (secondary N) is 1. The SMILES string of the molecule is COc1ccccc1COCCCOc1ccc(C2CCNCC2C(C)(N)c2ccc3ccccc3c2)cc1. The van der Waals surface area contributed by atoms with E-state index in [1.807, 2.05) is 24.3 Å². The van der Waals surface area contributed by atoms with Crippen LogP contribution in [0.5, 0.6) is 11.5 Å². The summed E-state index contributed by atoms with van der Waals surface area (Å²) in [5.74, 6) is 2.40. The number of para-hydroxylation sites is 1. The molecule has 3 atom stereocenters. The van der Waals surface area contributed by atoms with Crippen molar-refractivity contribution in [3.63, 3.8) is 0 Å². The summed E-state index contributed by atoms with van der Waals surface area (Å²) in [5, 5.41) is 6.08. The lowest BCUT2D eigenvalue weighted by Gasteiger charge is -2.43. The van der Waals surface area contributed by atoms with Crippen LogP contribution in [0.15, 0.2) is 91.0 Å². The Kier molecular flexibility index (Phi) is 8.82. The maximum atomic E-state index is 7.14. The Hall–Kier alpha value is -3.38. The van der Waals surface area contributed by atoms with Crippen molar-refractivity contribution in [3.05, 3.63) is 108 Å². The third-order valence-corrected chi connectivity index (χ3v) is 8.08. The first-order valence-corrected chi connectivity index (χ1v) is 14.0. The molecule has 4 aromatic carbocycles. The van der Waals surface area contributed by atoms with Crippen LogP contribution in [-0.2, 0) is 16.9 Å². The summed E-state index contributed by atoms with van der Waals surface area (Å²) in [4.78, 5) is 0. The molecular formula is C34H40N2O3. The number of methoxy groups -OCH3 is 1. The molecule has 0 bridgehead atoms. The highest BCUT2D eigenvalue weighted by molar-refractivity contribution is 5.83. The van der Waals surface area contributed by atoms with Crippen molar-refractivity contribution in [2.75, 3.05) is 33.4 Å². The summed E-state index contributed by atoms with van der Waals surface area (Å²) < 4.78 is 17.2. The van der Waals surface area contributed by atoms with E-state index in [9.17, 15) is 0 Å². The van der Waals surface area contributed by atoms with E-state index in [1.54, 1.807) is 7.11 Å². The molecule has 3 N–H and O–H groups in total. The lowest BCUT2D eigenvalue weighted by molar-refractivity contribution is 0.105. The third kappa shape index (κ3) is 6.44. The number of hydrogen-bond acceptors (Lipinski definition) is 5. The first-order chi connectivity index (χ1) is 19.1. The Morgan fingerprint density at radius 3 is 2.49 bits per heavy atom. The largest absolute Gasteiger partial charge is 0.496 e. The monoisotopic (exact) mass is 524 g/mol. The highest BCUT2D eigenvalue weighted by atomic mass is 16.5. The Morgan fingerprint density at radius 2 is 1.67 bits per heavy atom. The minimum atomic E-state index is -0.457. The van der Waals surface area contributed by atoms with Gasteiger partial charge in [-0.15, -0.1) is 0 Å². The molecule has 1 fully saturated rings. The van der Waals surface area contributed by atoms with Crippen LogP contribution in [0.2, 0.25) is 0 Å². The number of rotatable bonds is 11. The van der Waals surface area contributed by atoms with Gasteiger partial charge >= 0.3 is 0 Å². The van der Waals surface area contributed by atoms with Crippen molar-refractivity contribution < 1.29 is 14.2 Å². The minimum Gasteiger partial charge on any atom is -0.496 e. The zero-order chi connectivity index (χ0) is 27.1. The van der Waals surface area contributed by atoms with Crippen LogP contribution in [0.25, 0.3) is 10.8 Å². The van der Waals surface area contributed by atoms with E-state index in [4.69, 9.17) is 19.9 Å². The summed E-state index contributed by atoms with van der Waals surface area (Å²) in [5.41, 5.74) is 10.3. The number of nitrogens with two attached hydrogens (primary N) is 1. The first kappa shape index (κ1) is 27.2. The maximum absolute atomic E-state index is 7.14. The number of fused-ring (bicyclic) bond motifs is 1. The highest BCUT2D eigenvalue weighted by Crippen LogP contribution is 2.41. The fraction of sp³-hybridized carbons (Fsp3) is 0.353. The second kappa shape index (κ2) is 12.6. The normalized spacial score (nSPS) is 18.9. The van der Waals surface area contributed by atoms with Crippen molar-refractivity contribution in [1.82, 2.24) is 5.32 Å². The van der Waals surface area contributed by atoms with Crippen LogP contribution in [0.1, 0.15) is 42.4 Å². The van der Waals surface area contributed by atoms with Gasteiger partial charge in [0.2, 0.25) is 0 Å². The summed E-state index contributed by atoms with van der Waals surface area (Å²) in [6.45, 7) is 5.88.